The van der Waals surface area contributed by atoms with E-state index in [1.54, 1.807) is 17.9 Å². The number of fused-ring (bicyclic) bond motifs is 1. The van der Waals surface area contributed by atoms with Crippen LogP contribution < -0.4 is 5.73 Å². The summed E-state index contributed by atoms with van der Waals surface area (Å²) in [7, 11) is 0. The van der Waals surface area contributed by atoms with Crippen LogP contribution in [0.25, 0.3) is 21.5 Å². The van der Waals surface area contributed by atoms with Gasteiger partial charge in [-0.2, -0.15) is 0 Å². The fourth-order valence-corrected chi connectivity index (χ4v) is 4.15. The van der Waals surface area contributed by atoms with Crippen molar-refractivity contribution in [2.24, 2.45) is 0 Å². The molecule has 0 saturated heterocycles. The first kappa shape index (κ1) is 19.8. The summed E-state index contributed by atoms with van der Waals surface area (Å²) in [5, 5.41) is 0.485. The maximum Gasteiger partial charge on any atom is 0.338 e. The van der Waals surface area contributed by atoms with E-state index < -0.39 is 5.97 Å². The lowest BCUT2D eigenvalue weighted by Crippen LogP contribution is -2.30. The highest BCUT2D eigenvalue weighted by Crippen LogP contribution is 2.38. The van der Waals surface area contributed by atoms with Gasteiger partial charge in [-0.15, -0.1) is 11.3 Å². The third kappa shape index (κ3) is 3.57. The van der Waals surface area contributed by atoms with E-state index in [2.05, 4.69) is 4.98 Å². The molecule has 1 amide bonds. The Labute approximate surface area is 167 Å². The van der Waals surface area contributed by atoms with Gasteiger partial charge < -0.3 is 15.4 Å². The number of nitrogens with two attached hydrogens (primary N) is 1. The van der Waals surface area contributed by atoms with Gasteiger partial charge >= 0.3 is 5.97 Å². The molecule has 2 heterocycles. The number of anilines is 1. The van der Waals surface area contributed by atoms with Crippen LogP contribution in [0.15, 0.2) is 36.4 Å². The fourth-order valence-electron chi connectivity index (χ4n) is 3.06. The van der Waals surface area contributed by atoms with E-state index >= 15 is 0 Å². The van der Waals surface area contributed by atoms with Crippen molar-refractivity contribution in [1.82, 2.24) is 9.88 Å². The first-order valence-corrected chi connectivity index (χ1v) is 10.1. The second kappa shape index (κ2) is 8.39. The highest BCUT2D eigenvalue weighted by atomic mass is 32.1. The molecule has 0 bridgehead atoms. The van der Waals surface area contributed by atoms with Crippen LogP contribution in [-0.4, -0.2) is 41.5 Å². The van der Waals surface area contributed by atoms with Gasteiger partial charge in [-0.3, -0.25) is 4.79 Å². The summed E-state index contributed by atoms with van der Waals surface area (Å²) in [6, 6.07) is 11.2. The van der Waals surface area contributed by atoms with Crippen molar-refractivity contribution >= 4 is 39.1 Å². The molecule has 146 valence electrons. The number of nitrogen functional groups attached to an aromatic ring is 1. The maximum absolute atomic E-state index is 12.9. The van der Waals surface area contributed by atoms with Crippen molar-refractivity contribution in [3.63, 3.8) is 0 Å². The zero-order valence-electron chi connectivity index (χ0n) is 16.2. The van der Waals surface area contributed by atoms with Crippen LogP contribution >= 0.6 is 11.3 Å². The number of carbonyl (C=O) groups excluding carboxylic acids is 2. The molecule has 0 radical (unpaired) electrons. The first-order valence-electron chi connectivity index (χ1n) is 9.26. The number of esters is 1. The van der Waals surface area contributed by atoms with Crippen LogP contribution in [0.1, 0.15) is 40.8 Å². The number of thiophene rings is 1. The second-order valence-corrected chi connectivity index (χ2v) is 7.14. The third-order valence-corrected chi connectivity index (χ3v) is 5.60. The summed E-state index contributed by atoms with van der Waals surface area (Å²) in [5.74, 6) is -0.625. The molecule has 6 nitrogen and oxygen atoms in total. The summed E-state index contributed by atoms with van der Waals surface area (Å²) in [5.41, 5.74) is 8.45. The smallest absolute Gasteiger partial charge is 0.338 e. The van der Waals surface area contributed by atoms with Crippen LogP contribution in [0.2, 0.25) is 0 Å². The number of rotatable bonds is 6. The van der Waals surface area contributed by atoms with E-state index in [-0.39, 0.29) is 18.2 Å². The number of pyridine rings is 1. The molecule has 0 saturated carbocycles. The van der Waals surface area contributed by atoms with Gasteiger partial charge in [-0.25, -0.2) is 9.78 Å². The van der Waals surface area contributed by atoms with Crippen LogP contribution in [0.4, 0.5) is 5.69 Å². The Balaban J connectivity index is 2.24. The maximum atomic E-state index is 12.9. The van der Waals surface area contributed by atoms with Gasteiger partial charge in [0.1, 0.15) is 9.71 Å². The Morgan fingerprint density at radius 1 is 1.14 bits per heavy atom. The average Bonchev–Trinajstić information content (AvgIpc) is 3.05. The molecular weight excluding hydrogens is 374 g/mol. The van der Waals surface area contributed by atoms with Gasteiger partial charge in [0.2, 0.25) is 0 Å². The van der Waals surface area contributed by atoms with Gasteiger partial charge in [0.25, 0.3) is 5.91 Å². The molecule has 28 heavy (non-hydrogen) atoms. The average molecular weight is 398 g/mol. The molecule has 1 aromatic carbocycles. The van der Waals surface area contributed by atoms with Crippen molar-refractivity contribution in [3.05, 3.63) is 46.8 Å². The van der Waals surface area contributed by atoms with E-state index in [1.807, 2.05) is 44.2 Å². The molecule has 0 aliphatic rings. The topological polar surface area (TPSA) is 85.5 Å². The molecule has 3 aromatic rings. The van der Waals surface area contributed by atoms with Crippen LogP contribution in [0.5, 0.6) is 0 Å². The number of amides is 1. The lowest BCUT2D eigenvalue weighted by atomic mass is 10.1. The molecule has 0 aliphatic carbocycles. The minimum atomic E-state index is -0.474. The Kier molecular flexibility index (Phi) is 5.94. The molecule has 2 aromatic heterocycles. The molecule has 0 aliphatic heterocycles. The zero-order chi connectivity index (χ0) is 20.3. The molecular formula is C21H23N3O3S. The summed E-state index contributed by atoms with van der Waals surface area (Å²) in [6.07, 6.45) is 0. The SMILES string of the molecule is CCOC(=O)c1cc(-c2ccccc2)nc2sc(C(=O)N(CC)CC)c(N)c12. The molecule has 2 N–H and O–H groups in total. The Bertz CT molecular complexity index is 1010. The minimum Gasteiger partial charge on any atom is -0.462 e. The van der Waals surface area contributed by atoms with Crippen LogP contribution in [0.3, 0.4) is 0 Å². The predicted octanol–water partition coefficient (Wildman–Crippen LogP) is 4.20. The summed E-state index contributed by atoms with van der Waals surface area (Å²) < 4.78 is 5.23. The van der Waals surface area contributed by atoms with Gasteiger partial charge in [0.05, 0.1) is 23.6 Å². The standard InChI is InChI=1S/C21H23N3O3S/c1-4-24(5-2)20(25)18-17(22)16-14(21(26)27-6-3)12-15(23-19(16)28-18)13-10-8-7-9-11-13/h7-12H,4-6,22H2,1-3H3. The number of nitrogens with zero attached hydrogens (tertiary/aromatic N) is 2. The van der Waals surface area contributed by atoms with Crippen molar-refractivity contribution in [1.29, 1.82) is 0 Å². The Morgan fingerprint density at radius 3 is 2.43 bits per heavy atom. The normalized spacial score (nSPS) is 10.8. The number of hydrogen-bond acceptors (Lipinski definition) is 6. The summed E-state index contributed by atoms with van der Waals surface area (Å²) >= 11 is 1.21. The van der Waals surface area contributed by atoms with Gasteiger partial charge in [0.15, 0.2) is 0 Å². The van der Waals surface area contributed by atoms with Crippen LogP contribution in [0, 0.1) is 0 Å². The third-order valence-electron chi connectivity index (χ3n) is 4.51. The van der Waals surface area contributed by atoms with E-state index in [1.165, 1.54) is 11.3 Å². The molecule has 0 spiro atoms. The Hall–Kier alpha value is -2.93. The number of benzene rings is 1. The van der Waals surface area contributed by atoms with Gasteiger partial charge in [-0.05, 0) is 26.8 Å². The molecule has 3 rings (SSSR count). The highest BCUT2D eigenvalue weighted by molar-refractivity contribution is 7.21. The number of aromatic nitrogens is 1. The number of carbonyl (C=O) groups is 2. The van der Waals surface area contributed by atoms with Gasteiger partial charge in [-0.1, -0.05) is 30.3 Å². The Morgan fingerprint density at radius 2 is 1.82 bits per heavy atom. The first-order chi connectivity index (χ1) is 13.5. The second-order valence-electron chi connectivity index (χ2n) is 6.14. The van der Waals surface area contributed by atoms with E-state index in [0.717, 1.165) is 5.56 Å². The fraction of sp³-hybridized carbons (Fsp3) is 0.286. The largest absolute Gasteiger partial charge is 0.462 e. The van der Waals surface area contributed by atoms with Crippen molar-refractivity contribution in [2.45, 2.75) is 20.8 Å². The molecule has 0 fully saturated rings. The highest BCUT2D eigenvalue weighted by Gasteiger charge is 2.26. The quantitative estimate of drug-likeness (QED) is 0.630. The molecule has 0 unspecified atom stereocenters. The van der Waals surface area contributed by atoms with Crippen molar-refractivity contribution in [3.8, 4) is 11.3 Å². The monoisotopic (exact) mass is 397 g/mol. The van der Waals surface area contributed by atoms with E-state index in [0.29, 0.717) is 39.4 Å². The number of hydrogen-bond donors (Lipinski definition) is 1. The van der Waals surface area contributed by atoms with Crippen molar-refractivity contribution in [2.75, 3.05) is 25.4 Å². The minimum absolute atomic E-state index is 0.151. The van der Waals surface area contributed by atoms with E-state index in [4.69, 9.17) is 10.5 Å². The van der Waals surface area contributed by atoms with Crippen molar-refractivity contribution < 1.29 is 14.3 Å². The number of ether oxygens (including phenoxy) is 1. The zero-order valence-corrected chi connectivity index (χ0v) is 17.0. The lowest BCUT2D eigenvalue weighted by Gasteiger charge is -2.17. The molecule has 0 atom stereocenters. The summed E-state index contributed by atoms with van der Waals surface area (Å²) in [4.78, 5) is 32.8. The lowest BCUT2D eigenvalue weighted by molar-refractivity contribution is 0.0528. The van der Waals surface area contributed by atoms with E-state index in [9.17, 15) is 9.59 Å². The van der Waals surface area contributed by atoms with Crippen LogP contribution in [-0.2, 0) is 4.74 Å². The van der Waals surface area contributed by atoms with Gasteiger partial charge in [0, 0.05) is 24.0 Å². The summed E-state index contributed by atoms with van der Waals surface area (Å²) in [6.45, 7) is 6.99. The predicted molar refractivity (Wildman–Crippen MR) is 113 cm³/mol. The molecule has 7 heteroatoms.